The molecule has 6 atom stereocenters. The maximum atomic E-state index is 11.9. The first-order chi connectivity index (χ1) is 9.89. The lowest BCUT2D eigenvalue weighted by molar-refractivity contribution is -0.149. The first kappa shape index (κ1) is 14.0. The molecule has 0 radical (unpaired) electrons. The normalized spacial score (nSPS) is 55.8. The molecule has 0 saturated heterocycles. The molecule has 3 fully saturated rings. The summed E-state index contributed by atoms with van der Waals surface area (Å²) in [6.07, 6.45) is 14.6. The van der Waals surface area contributed by atoms with Crippen molar-refractivity contribution in [2.75, 3.05) is 0 Å². The van der Waals surface area contributed by atoms with E-state index in [4.69, 9.17) is 0 Å². The third-order valence-corrected chi connectivity index (χ3v) is 8.63. The van der Waals surface area contributed by atoms with Gasteiger partial charge >= 0.3 is 0 Å². The van der Waals surface area contributed by atoms with Crippen LogP contribution in [0.1, 0.15) is 72.1 Å². The van der Waals surface area contributed by atoms with Crippen LogP contribution < -0.4 is 0 Å². The molecule has 0 aromatic rings. The summed E-state index contributed by atoms with van der Waals surface area (Å²) in [6, 6.07) is 0. The lowest BCUT2D eigenvalue weighted by atomic mass is 9.41. The molecule has 0 aromatic heterocycles. The largest absolute Gasteiger partial charge is 0.300 e. The summed E-state index contributed by atoms with van der Waals surface area (Å²) >= 11 is 0. The Hall–Kier alpha value is -0.590. The van der Waals surface area contributed by atoms with Gasteiger partial charge in [-0.3, -0.25) is 4.79 Å². The molecule has 0 bridgehead atoms. The van der Waals surface area contributed by atoms with Crippen molar-refractivity contribution in [2.45, 2.75) is 72.1 Å². The minimum atomic E-state index is 0.432. The summed E-state index contributed by atoms with van der Waals surface area (Å²) in [5, 5.41) is 0. The van der Waals surface area contributed by atoms with Crippen molar-refractivity contribution in [3.63, 3.8) is 0 Å². The first-order valence-electron chi connectivity index (χ1n) is 9.08. The molecule has 4 rings (SSSR count). The van der Waals surface area contributed by atoms with Gasteiger partial charge in [-0.15, -0.1) is 0 Å². The third kappa shape index (κ3) is 1.67. The molecule has 0 heterocycles. The van der Waals surface area contributed by atoms with Gasteiger partial charge in [0.15, 0.2) is 0 Å². The summed E-state index contributed by atoms with van der Waals surface area (Å²) in [5.74, 6) is 2.95. The summed E-state index contributed by atoms with van der Waals surface area (Å²) in [6.45, 7) is 7.61. The van der Waals surface area contributed by atoms with Gasteiger partial charge in [-0.25, -0.2) is 0 Å². The Kier molecular flexibility index (Phi) is 2.83. The van der Waals surface area contributed by atoms with E-state index in [9.17, 15) is 4.79 Å². The molecule has 21 heavy (non-hydrogen) atoms. The SMILES string of the molecule is C[C@]12CCC(=O)C[C@@H]1CC[C@@H]1[C@@H]2CC[C@]2(C)C=CC[C@@]12C. The van der Waals surface area contributed by atoms with Crippen LogP contribution in [-0.2, 0) is 4.79 Å². The molecule has 4 aliphatic carbocycles. The van der Waals surface area contributed by atoms with Crippen LogP contribution in [0.2, 0.25) is 0 Å². The number of hydrogen-bond donors (Lipinski definition) is 0. The van der Waals surface area contributed by atoms with E-state index in [-0.39, 0.29) is 0 Å². The van der Waals surface area contributed by atoms with E-state index < -0.39 is 0 Å². The van der Waals surface area contributed by atoms with Crippen LogP contribution in [0.3, 0.4) is 0 Å². The van der Waals surface area contributed by atoms with Crippen molar-refractivity contribution in [3.8, 4) is 0 Å². The predicted molar refractivity (Wildman–Crippen MR) is 85.9 cm³/mol. The van der Waals surface area contributed by atoms with Crippen LogP contribution in [0.5, 0.6) is 0 Å². The summed E-state index contributed by atoms with van der Waals surface area (Å²) in [4.78, 5) is 11.9. The number of fused-ring (bicyclic) bond motifs is 5. The second-order valence-electron chi connectivity index (χ2n) is 9.22. The Bertz CT molecular complexity index is 506. The van der Waals surface area contributed by atoms with Crippen molar-refractivity contribution in [3.05, 3.63) is 12.2 Å². The highest BCUT2D eigenvalue weighted by Gasteiger charge is 2.61. The van der Waals surface area contributed by atoms with E-state index in [1.54, 1.807) is 0 Å². The molecule has 1 nitrogen and oxygen atoms in total. The van der Waals surface area contributed by atoms with Crippen LogP contribution >= 0.6 is 0 Å². The Labute approximate surface area is 129 Å². The van der Waals surface area contributed by atoms with Gasteiger partial charge in [0, 0.05) is 12.8 Å². The molecule has 116 valence electrons. The molecule has 1 heteroatoms. The van der Waals surface area contributed by atoms with Crippen LogP contribution in [0.4, 0.5) is 0 Å². The summed E-state index contributed by atoms with van der Waals surface area (Å²) in [5.41, 5.74) is 1.36. The van der Waals surface area contributed by atoms with Crippen LogP contribution in [-0.4, -0.2) is 5.78 Å². The van der Waals surface area contributed by atoms with Gasteiger partial charge in [0.2, 0.25) is 0 Å². The maximum absolute atomic E-state index is 11.9. The third-order valence-electron chi connectivity index (χ3n) is 8.63. The number of rotatable bonds is 0. The molecule has 0 unspecified atom stereocenters. The molecule has 0 aromatic carbocycles. The molecule has 0 N–H and O–H groups in total. The van der Waals surface area contributed by atoms with Crippen molar-refractivity contribution in [1.82, 2.24) is 0 Å². The van der Waals surface area contributed by atoms with Gasteiger partial charge in [0.25, 0.3) is 0 Å². The summed E-state index contributed by atoms with van der Waals surface area (Å²) in [7, 11) is 0. The monoisotopic (exact) mass is 286 g/mol. The molecule has 0 aliphatic heterocycles. The van der Waals surface area contributed by atoms with Gasteiger partial charge in [-0.05, 0) is 72.5 Å². The van der Waals surface area contributed by atoms with Crippen molar-refractivity contribution in [2.24, 2.45) is 34.0 Å². The quantitative estimate of drug-likeness (QED) is 0.562. The smallest absolute Gasteiger partial charge is 0.133 e. The van der Waals surface area contributed by atoms with Crippen molar-refractivity contribution in [1.29, 1.82) is 0 Å². The average Bonchev–Trinajstić information content (AvgIpc) is 2.75. The molecule has 0 amide bonds. The fourth-order valence-electron chi connectivity index (χ4n) is 6.86. The Balaban J connectivity index is 1.69. The van der Waals surface area contributed by atoms with Crippen molar-refractivity contribution >= 4 is 5.78 Å². The average molecular weight is 286 g/mol. The highest BCUT2D eigenvalue weighted by atomic mass is 16.1. The second-order valence-corrected chi connectivity index (χ2v) is 9.22. The Morgan fingerprint density at radius 2 is 1.86 bits per heavy atom. The highest BCUT2D eigenvalue weighted by Crippen LogP contribution is 2.69. The topological polar surface area (TPSA) is 17.1 Å². The lowest BCUT2D eigenvalue weighted by Crippen LogP contribution is -2.56. The zero-order chi connectivity index (χ0) is 14.9. The number of hydrogen-bond acceptors (Lipinski definition) is 1. The minimum absolute atomic E-state index is 0.432. The van der Waals surface area contributed by atoms with E-state index in [2.05, 4.69) is 32.9 Å². The van der Waals surface area contributed by atoms with E-state index >= 15 is 0 Å². The molecule has 4 aliphatic rings. The fraction of sp³-hybridized carbons (Fsp3) is 0.850. The second kappa shape index (κ2) is 4.24. The Morgan fingerprint density at radius 3 is 2.67 bits per heavy atom. The lowest BCUT2D eigenvalue weighted by Gasteiger charge is -2.63. The van der Waals surface area contributed by atoms with E-state index in [1.807, 2.05) is 0 Å². The minimum Gasteiger partial charge on any atom is -0.300 e. The van der Waals surface area contributed by atoms with Crippen molar-refractivity contribution < 1.29 is 4.79 Å². The standard InChI is InChI=1S/C20H30O/c1-18-9-4-10-20(18,3)17-6-5-14-13-15(21)7-12-19(14,2)16(17)8-11-18/h4,9,14,16-17H,5-8,10-13H2,1-3H3/t14-,16-,17+,18-,19-,20-/m0/s1. The zero-order valence-corrected chi connectivity index (χ0v) is 14.0. The maximum Gasteiger partial charge on any atom is 0.133 e. The number of ketones is 1. The number of carbonyl (C=O) groups is 1. The fourth-order valence-corrected chi connectivity index (χ4v) is 6.86. The zero-order valence-electron chi connectivity index (χ0n) is 14.0. The van der Waals surface area contributed by atoms with E-state index in [1.165, 1.54) is 32.1 Å². The van der Waals surface area contributed by atoms with E-state index in [0.29, 0.717) is 27.9 Å². The molecule has 3 saturated carbocycles. The van der Waals surface area contributed by atoms with E-state index in [0.717, 1.165) is 31.1 Å². The highest BCUT2D eigenvalue weighted by molar-refractivity contribution is 5.79. The van der Waals surface area contributed by atoms with Gasteiger partial charge in [0.1, 0.15) is 5.78 Å². The van der Waals surface area contributed by atoms with Gasteiger partial charge < -0.3 is 0 Å². The van der Waals surface area contributed by atoms with Gasteiger partial charge in [-0.1, -0.05) is 32.9 Å². The first-order valence-corrected chi connectivity index (χ1v) is 9.08. The van der Waals surface area contributed by atoms with Crippen LogP contribution in [0.25, 0.3) is 0 Å². The Morgan fingerprint density at radius 1 is 1.05 bits per heavy atom. The number of Topliss-reactive ketones (excluding diaryl/α,β-unsaturated/α-hetero) is 1. The summed E-state index contributed by atoms with van der Waals surface area (Å²) < 4.78 is 0. The van der Waals surface area contributed by atoms with Crippen LogP contribution in [0.15, 0.2) is 12.2 Å². The molecular formula is C20H30O. The predicted octanol–water partition coefficient (Wildman–Crippen LogP) is 5.15. The number of allylic oxidation sites excluding steroid dienone is 2. The molecule has 0 spiro atoms. The molecular weight excluding hydrogens is 256 g/mol. The van der Waals surface area contributed by atoms with Crippen LogP contribution in [0, 0.1) is 34.0 Å². The van der Waals surface area contributed by atoms with Gasteiger partial charge in [0.05, 0.1) is 0 Å². The number of carbonyl (C=O) groups excluding carboxylic acids is 1. The van der Waals surface area contributed by atoms with Gasteiger partial charge in [-0.2, -0.15) is 0 Å².